The maximum absolute atomic E-state index is 13.6. The molecule has 2 aliphatic rings. The molecule has 4 amide bonds. The molecule has 26 heavy (non-hydrogen) atoms. The summed E-state index contributed by atoms with van der Waals surface area (Å²) < 4.78 is 19.2. The molecule has 2 atom stereocenters. The summed E-state index contributed by atoms with van der Waals surface area (Å²) in [6.45, 7) is 3.53. The number of urea groups is 1. The molecular weight excluding hydrogens is 341 g/mol. The van der Waals surface area contributed by atoms with Crippen LogP contribution in [-0.2, 0) is 9.59 Å². The summed E-state index contributed by atoms with van der Waals surface area (Å²) in [6.07, 6.45) is 1.70. The van der Waals surface area contributed by atoms with Gasteiger partial charge in [0.05, 0.1) is 12.6 Å². The first kappa shape index (κ1) is 18.2. The van der Waals surface area contributed by atoms with E-state index in [2.05, 4.69) is 10.6 Å². The molecule has 2 heterocycles. The van der Waals surface area contributed by atoms with Crippen molar-refractivity contribution >= 4 is 17.8 Å². The quantitative estimate of drug-likeness (QED) is 0.800. The number of rotatable bonds is 4. The third kappa shape index (κ3) is 3.36. The molecule has 1 aromatic rings. The van der Waals surface area contributed by atoms with Gasteiger partial charge in [-0.05, 0) is 44.4 Å². The topological polar surface area (TPSA) is 87.7 Å². The largest absolute Gasteiger partial charge is 0.493 e. The second-order valence-corrected chi connectivity index (χ2v) is 6.80. The van der Waals surface area contributed by atoms with Crippen LogP contribution in [0.5, 0.6) is 5.75 Å². The maximum atomic E-state index is 13.6. The molecule has 0 radical (unpaired) electrons. The molecule has 8 heteroatoms. The number of halogens is 1. The Morgan fingerprint density at radius 2 is 2.23 bits per heavy atom. The van der Waals surface area contributed by atoms with E-state index in [4.69, 9.17) is 4.74 Å². The Labute approximate surface area is 150 Å². The van der Waals surface area contributed by atoms with Gasteiger partial charge in [0.1, 0.15) is 23.7 Å². The highest BCUT2D eigenvalue weighted by molar-refractivity contribution is 6.08. The number of hydrogen-bond acceptors (Lipinski definition) is 4. The van der Waals surface area contributed by atoms with E-state index in [-0.39, 0.29) is 6.54 Å². The van der Waals surface area contributed by atoms with Gasteiger partial charge >= 0.3 is 6.03 Å². The van der Waals surface area contributed by atoms with Crippen LogP contribution in [0.2, 0.25) is 0 Å². The van der Waals surface area contributed by atoms with Crippen molar-refractivity contribution in [3.63, 3.8) is 0 Å². The van der Waals surface area contributed by atoms with E-state index >= 15 is 0 Å². The highest BCUT2D eigenvalue weighted by Gasteiger charge is 2.47. The summed E-state index contributed by atoms with van der Waals surface area (Å²) in [5.41, 5.74) is -0.421. The fourth-order valence-corrected chi connectivity index (χ4v) is 3.21. The molecule has 0 aromatic heterocycles. The van der Waals surface area contributed by atoms with Crippen molar-refractivity contribution in [2.45, 2.75) is 44.7 Å². The summed E-state index contributed by atoms with van der Waals surface area (Å²) in [5, 5.41) is 5.41. The number of amides is 4. The van der Waals surface area contributed by atoms with Gasteiger partial charge in [-0.15, -0.1) is 0 Å². The summed E-state index contributed by atoms with van der Waals surface area (Å²) >= 11 is 0. The number of carbonyl (C=O) groups excluding carboxylic acids is 3. The van der Waals surface area contributed by atoms with Crippen molar-refractivity contribution in [2.24, 2.45) is 0 Å². The SMILES string of the molecule is CCC1(C)NC(=O)N(CC(=O)NC2CCCOc3ccc(F)cc32)C1=O. The standard InChI is InChI=1S/C18H22FN3O4/c1-3-18(2)16(24)22(17(25)21-18)10-15(23)20-13-5-4-8-26-14-7-6-11(19)9-12(13)14/h6-7,9,13H,3-5,8,10H2,1-2H3,(H,20,23)(H,21,25). The lowest BCUT2D eigenvalue weighted by Crippen LogP contribution is -2.45. The Balaban J connectivity index is 1.72. The van der Waals surface area contributed by atoms with E-state index in [0.29, 0.717) is 37.2 Å². The van der Waals surface area contributed by atoms with Crippen molar-refractivity contribution in [1.29, 1.82) is 0 Å². The average Bonchev–Trinajstić information content (AvgIpc) is 2.75. The smallest absolute Gasteiger partial charge is 0.325 e. The van der Waals surface area contributed by atoms with Crippen LogP contribution in [0.4, 0.5) is 9.18 Å². The zero-order valence-electron chi connectivity index (χ0n) is 14.8. The zero-order chi connectivity index (χ0) is 18.9. The van der Waals surface area contributed by atoms with Crippen LogP contribution >= 0.6 is 0 Å². The van der Waals surface area contributed by atoms with E-state index in [1.807, 2.05) is 0 Å². The van der Waals surface area contributed by atoms with Gasteiger partial charge in [-0.2, -0.15) is 0 Å². The highest BCUT2D eigenvalue weighted by Crippen LogP contribution is 2.32. The molecule has 2 unspecified atom stereocenters. The number of hydrogen-bond donors (Lipinski definition) is 2. The van der Waals surface area contributed by atoms with Crippen LogP contribution in [0.25, 0.3) is 0 Å². The van der Waals surface area contributed by atoms with Crippen LogP contribution in [0, 0.1) is 5.82 Å². The normalized spacial score (nSPS) is 25.2. The summed E-state index contributed by atoms with van der Waals surface area (Å²) in [7, 11) is 0. The summed E-state index contributed by atoms with van der Waals surface area (Å²) in [6, 6.07) is 3.17. The molecule has 0 saturated carbocycles. The molecule has 2 N–H and O–H groups in total. The lowest BCUT2D eigenvalue weighted by atomic mass is 9.99. The second kappa shape index (κ2) is 6.93. The van der Waals surface area contributed by atoms with Gasteiger partial charge in [-0.3, -0.25) is 14.5 Å². The zero-order valence-corrected chi connectivity index (χ0v) is 14.8. The molecule has 1 fully saturated rings. The van der Waals surface area contributed by atoms with E-state index < -0.39 is 35.2 Å². The Morgan fingerprint density at radius 3 is 2.92 bits per heavy atom. The van der Waals surface area contributed by atoms with Crippen molar-refractivity contribution < 1.29 is 23.5 Å². The number of imide groups is 1. The molecule has 7 nitrogen and oxygen atoms in total. The van der Waals surface area contributed by atoms with Crippen LogP contribution in [-0.4, -0.2) is 41.4 Å². The van der Waals surface area contributed by atoms with Crippen LogP contribution < -0.4 is 15.4 Å². The third-order valence-corrected chi connectivity index (χ3v) is 4.93. The Morgan fingerprint density at radius 1 is 1.46 bits per heavy atom. The second-order valence-electron chi connectivity index (χ2n) is 6.80. The predicted octanol–water partition coefficient (Wildman–Crippen LogP) is 1.88. The van der Waals surface area contributed by atoms with Crippen LogP contribution in [0.1, 0.15) is 44.7 Å². The summed E-state index contributed by atoms with van der Waals surface area (Å²) in [5.74, 6) is -0.782. The first-order valence-electron chi connectivity index (χ1n) is 8.70. The van der Waals surface area contributed by atoms with Gasteiger partial charge < -0.3 is 15.4 Å². The Kier molecular flexibility index (Phi) is 4.84. The number of carbonyl (C=O) groups is 3. The predicted molar refractivity (Wildman–Crippen MR) is 91.0 cm³/mol. The number of ether oxygens (including phenoxy) is 1. The summed E-state index contributed by atoms with van der Waals surface area (Å²) in [4.78, 5) is 37.8. The monoisotopic (exact) mass is 363 g/mol. The maximum Gasteiger partial charge on any atom is 0.325 e. The highest BCUT2D eigenvalue weighted by atomic mass is 19.1. The molecule has 2 aliphatic heterocycles. The number of fused-ring (bicyclic) bond motifs is 1. The minimum Gasteiger partial charge on any atom is -0.493 e. The number of benzene rings is 1. The van der Waals surface area contributed by atoms with Crippen molar-refractivity contribution in [3.8, 4) is 5.75 Å². The van der Waals surface area contributed by atoms with E-state index in [1.54, 1.807) is 19.9 Å². The van der Waals surface area contributed by atoms with Gasteiger partial charge in [0.25, 0.3) is 5.91 Å². The lowest BCUT2D eigenvalue weighted by molar-refractivity contribution is -0.134. The fraction of sp³-hybridized carbons (Fsp3) is 0.500. The van der Waals surface area contributed by atoms with E-state index in [1.165, 1.54) is 12.1 Å². The van der Waals surface area contributed by atoms with Crippen LogP contribution in [0.3, 0.4) is 0 Å². The lowest BCUT2D eigenvalue weighted by Gasteiger charge is -2.21. The first-order chi connectivity index (χ1) is 12.3. The molecule has 1 aromatic carbocycles. The molecule has 0 bridgehead atoms. The molecule has 0 spiro atoms. The van der Waals surface area contributed by atoms with Gasteiger partial charge in [-0.1, -0.05) is 6.92 Å². The van der Waals surface area contributed by atoms with Crippen LogP contribution in [0.15, 0.2) is 18.2 Å². The average molecular weight is 363 g/mol. The molecule has 3 rings (SSSR count). The fourth-order valence-electron chi connectivity index (χ4n) is 3.21. The minimum absolute atomic E-state index is 0.373. The molecule has 0 aliphatic carbocycles. The van der Waals surface area contributed by atoms with E-state index in [0.717, 1.165) is 4.90 Å². The number of nitrogens with zero attached hydrogens (tertiary/aromatic N) is 1. The molecule has 1 saturated heterocycles. The van der Waals surface area contributed by atoms with E-state index in [9.17, 15) is 18.8 Å². The molecule has 140 valence electrons. The van der Waals surface area contributed by atoms with Crippen molar-refractivity contribution in [3.05, 3.63) is 29.6 Å². The Hall–Kier alpha value is -2.64. The van der Waals surface area contributed by atoms with Crippen molar-refractivity contribution in [1.82, 2.24) is 15.5 Å². The minimum atomic E-state index is -0.983. The van der Waals surface area contributed by atoms with Crippen molar-refractivity contribution in [2.75, 3.05) is 13.2 Å². The first-order valence-corrected chi connectivity index (χ1v) is 8.70. The third-order valence-electron chi connectivity index (χ3n) is 4.93. The Bertz CT molecular complexity index is 754. The number of nitrogens with one attached hydrogen (secondary N) is 2. The van der Waals surface area contributed by atoms with Gasteiger partial charge in [0.15, 0.2) is 0 Å². The molecular formula is C18H22FN3O4. The van der Waals surface area contributed by atoms with Gasteiger partial charge in [0, 0.05) is 5.56 Å². The van der Waals surface area contributed by atoms with Gasteiger partial charge in [-0.25, -0.2) is 9.18 Å². The van der Waals surface area contributed by atoms with Gasteiger partial charge in [0.2, 0.25) is 5.91 Å².